The number of halogens is 1. The summed E-state index contributed by atoms with van der Waals surface area (Å²) in [4.78, 5) is 23.1. The van der Waals surface area contributed by atoms with Crippen molar-refractivity contribution >= 4 is 43.8 Å². The number of nitrogens with one attached hydrogen (secondary N) is 1. The van der Waals surface area contributed by atoms with E-state index in [1.165, 1.54) is 36.4 Å². The lowest BCUT2D eigenvalue weighted by Gasteiger charge is -2.11. The number of hydrogen-bond donors (Lipinski definition) is 1. The van der Waals surface area contributed by atoms with Crippen LogP contribution in [-0.2, 0) is 19.6 Å². The van der Waals surface area contributed by atoms with Gasteiger partial charge in [0.25, 0.3) is 0 Å². The van der Waals surface area contributed by atoms with E-state index in [2.05, 4.69) is 21.2 Å². The Morgan fingerprint density at radius 3 is 2.39 bits per heavy atom. The molecule has 1 amide bonds. The van der Waals surface area contributed by atoms with Gasteiger partial charge in [0.1, 0.15) is 10.6 Å². The molecule has 0 unspecified atom stereocenters. The van der Waals surface area contributed by atoms with Crippen LogP contribution in [0.25, 0.3) is 0 Å². The summed E-state index contributed by atoms with van der Waals surface area (Å²) in [5, 5.41) is 2.46. The van der Waals surface area contributed by atoms with Crippen LogP contribution in [0.5, 0.6) is 5.75 Å². The van der Waals surface area contributed by atoms with Gasteiger partial charge < -0.3 is 13.7 Å². The average molecular weight is 472 g/mol. The van der Waals surface area contributed by atoms with Crippen LogP contribution >= 0.6 is 15.9 Å². The van der Waals surface area contributed by atoms with Gasteiger partial charge in [0.2, 0.25) is 0 Å². The Hall–Kier alpha value is -2.59. The minimum Gasteiger partial charge on any atom is -0.462 e. The fraction of sp³-hybridized carbons (Fsp3) is 0.222. The molecule has 0 aliphatic rings. The molecule has 0 radical (unpaired) electrons. The third-order valence-electron chi connectivity index (χ3n) is 3.27. The maximum absolute atomic E-state index is 12.6. The first kappa shape index (κ1) is 21.7. The molecular weight excluding hydrogens is 454 g/mol. The first-order valence-electron chi connectivity index (χ1n) is 8.21. The van der Waals surface area contributed by atoms with Gasteiger partial charge in [-0.15, -0.1) is 0 Å². The lowest BCUT2D eigenvalue weighted by atomic mass is 10.2. The van der Waals surface area contributed by atoms with Crippen molar-refractivity contribution in [2.75, 3.05) is 18.5 Å². The van der Waals surface area contributed by atoms with Crippen LogP contribution in [0.4, 0.5) is 10.5 Å². The van der Waals surface area contributed by atoms with Crippen LogP contribution < -0.4 is 9.50 Å². The molecule has 1 N–H and O–H groups in total. The molecule has 2 aromatic carbocycles. The highest BCUT2D eigenvalue weighted by Gasteiger charge is 2.22. The van der Waals surface area contributed by atoms with E-state index < -0.39 is 22.2 Å². The molecule has 0 saturated carbocycles. The highest BCUT2D eigenvalue weighted by Crippen LogP contribution is 2.28. The summed E-state index contributed by atoms with van der Waals surface area (Å²) >= 11 is 3.14. The van der Waals surface area contributed by atoms with Gasteiger partial charge in [0.15, 0.2) is 0 Å². The monoisotopic (exact) mass is 471 g/mol. The Kier molecular flexibility index (Phi) is 7.41. The summed E-state index contributed by atoms with van der Waals surface area (Å²) in [7, 11) is -4.20. The summed E-state index contributed by atoms with van der Waals surface area (Å²) in [6.45, 7) is 3.74. The highest BCUT2D eigenvalue weighted by molar-refractivity contribution is 9.10. The summed E-state index contributed by atoms with van der Waals surface area (Å²) in [5.41, 5.74) is 0.510. The fourth-order valence-corrected chi connectivity index (χ4v) is 4.08. The lowest BCUT2D eigenvalue weighted by molar-refractivity contribution is 0.0526. The van der Waals surface area contributed by atoms with Gasteiger partial charge in [-0.05, 0) is 60.1 Å². The van der Waals surface area contributed by atoms with Crippen molar-refractivity contribution in [1.29, 1.82) is 0 Å². The maximum Gasteiger partial charge on any atom is 0.411 e. The number of carbonyl (C=O) groups is 2. The van der Waals surface area contributed by atoms with Gasteiger partial charge in [0, 0.05) is 16.2 Å². The van der Waals surface area contributed by atoms with Gasteiger partial charge in [0.05, 0.1) is 18.8 Å². The molecule has 0 aromatic heterocycles. The molecule has 0 spiro atoms. The van der Waals surface area contributed by atoms with E-state index in [4.69, 9.17) is 13.7 Å². The Labute approximate surface area is 171 Å². The van der Waals surface area contributed by atoms with E-state index in [0.717, 1.165) is 0 Å². The van der Waals surface area contributed by atoms with Crippen molar-refractivity contribution in [3.8, 4) is 5.75 Å². The Morgan fingerprint density at radius 2 is 1.75 bits per heavy atom. The van der Waals surface area contributed by atoms with Crippen molar-refractivity contribution in [2.45, 2.75) is 18.7 Å². The first-order chi connectivity index (χ1) is 13.3. The number of benzene rings is 2. The topological polar surface area (TPSA) is 108 Å². The second-order valence-electron chi connectivity index (χ2n) is 5.28. The smallest absolute Gasteiger partial charge is 0.411 e. The van der Waals surface area contributed by atoms with Gasteiger partial charge in [-0.3, -0.25) is 5.32 Å². The zero-order valence-electron chi connectivity index (χ0n) is 15.1. The lowest BCUT2D eigenvalue weighted by Crippen LogP contribution is -2.14. The molecule has 10 heteroatoms. The van der Waals surface area contributed by atoms with Crippen molar-refractivity contribution in [2.24, 2.45) is 0 Å². The van der Waals surface area contributed by atoms with E-state index in [-0.39, 0.29) is 33.9 Å². The molecule has 0 heterocycles. The number of ether oxygens (including phenoxy) is 2. The minimum absolute atomic E-state index is 0.00401. The molecule has 8 nitrogen and oxygen atoms in total. The summed E-state index contributed by atoms with van der Waals surface area (Å²) in [6.07, 6.45) is -0.667. The van der Waals surface area contributed by atoms with Crippen LogP contribution in [0.1, 0.15) is 24.2 Å². The van der Waals surface area contributed by atoms with Crippen LogP contribution in [0, 0.1) is 0 Å². The number of amides is 1. The zero-order chi connectivity index (χ0) is 20.7. The molecule has 2 rings (SSSR count). The van der Waals surface area contributed by atoms with Crippen LogP contribution in [0.3, 0.4) is 0 Å². The molecular formula is C18H18BrNO7S. The van der Waals surface area contributed by atoms with E-state index in [1.54, 1.807) is 19.9 Å². The fourth-order valence-electron chi connectivity index (χ4n) is 2.13. The SMILES string of the molecule is CCOC(=O)Nc1cccc(OS(=O)(=O)c2ccc(C(=O)OCC)cc2Br)c1. The van der Waals surface area contributed by atoms with Gasteiger partial charge in [-0.2, -0.15) is 8.42 Å². The van der Waals surface area contributed by atoms with Crippen LogP contribution in [0.15, 0.2) is 51.8 Å². The zero-order valence-corrected chi connectivity index (χ0v) is 17.5. The normalized spacial score (nSPS) is 10.8. The molecule has 28 heavy (non-hydrogen) atoms. The molecule has 0 aliphatic carbocycles. The van der Waals surface area contributed by atoms with E-state index in [9.17, 15) is 18.0 Å². The number of hydrogen-bond acceptors (Lipinski definition) is 7. The number of anilines is 1. The number of esters is 1. The Morgan fingerprint density at radius 1 is 1.04 bits per heavy atom. The van der Waals surface area contributed by atoms with Crippen LogP contribution in [-0.4, -0.2) is 33.7 Å². The molecule has 2 aromatic rings. The van der Waals surface area contributed by atoms with Crippen LogP contribution in [0.2, 0.25) is 0 Å². The second-order valence-corrected chi connectivity index (χ2v) is 7.65. The minimum atomic E-state index is -4.20. The Balaban J connectivity index is 2.22. The predicted molar refractivity (Wildman–Crippen MR) is 105 cm³/mol. The molecule has 0 aliphatic heterocycles. The van der Waals surface area contributed by atoms with Gasteiger partial charge in [-0.1, -0.05) is 6.07 Å². The number of carbonyl (C=O) groups excluding carboxylic acids is 2. The largest absolute Gasteiger partial charge is 0.462 e. The standard InChI is InChI=1S/C18H18BrNO7S/c1-3-25-17(21)12-8-9-16(15(19)10-12)28(23,24)27-14-7-5-6-13(11-14)20-18(22)26-4-2/h5-11H,3-4H2,1-2H3,(H,20,22). The second kappa shape index (κ2) is 9.56. The predicted octanol–water partition coefficient (Wildman–Crippen LogP) is 3.96. The quantitative estimate of drug-likeness (QED) is 0.480. The highest BCUT2D eigenvalue weighted by atomic mass is 79.9. The van der Waals surface area contributed by atoms with Gasteiger partial charge in [-0.25, -0.2) is 9.59 Å². The van der Waals surface area contributed by atoms with E-state index in [1.807, 2.05) is 0 Å². The average Bonchev–Trinajstić information content (AvgIpc) is 2.61. The van der Waals surface area contributed by atoms with Crippen molar-refractivity contribution in [1.82, 2.24) is 0 Å². The maximum atomic E-state index is 12.6. The summed E-state index contributed by atoms with van der Waals surface area (Å²) < 4.78 is 40.1. The third kappa shape index (κ3) is 5.70. The van der Waals surface area contributed by atoms with Crippen molar-refractivity contribution in [3.05, 3.63) is 52.5 Å². The van der Waals surface area contributed by atoms with E-state index in [0.29, 0.717) is 5.69 Å². The van der Waals surface area contributed by atoms with Gasteiger partial charge >= 0.3 is 22.2 Å². The summed E-state index contributed by atoms with van der Waals surface area (Å²) in [6, 6.07) is 9.76. The molecule has 0 bridgehead atoms. The first-order valence-corrected chi connectivity index (χ1v) is 10.4. The van der Waals surface area contributed by atoms with Crippen molar-refractivity contribution in [3.63, 3.8) is 0 Å². The molecule has 0 saturated heterocycles. The molecule has 0 fully saturated rings. The third-order valence-corrected chi connectivity index (χ3v) is 5.50. The van der Waals surface area contributed by atoms with Crippen molar-refractivity contribution < 1.29 is 31.7 Å². The molecule has 150 valence electrons. The Bertz CT molecular complexity index is 976. The number of rotatable bonds is 7. The molecule has 0 atom stereocenters. The summed E-state index contributed by atoms with van der Waals surface area (Å²) in [5.74, 6) is -0.568. The van der Waals surface area contributed by atoms with E-state index >= 15 is 0 Å².